The summed E-state index contributed by atoms with van der Waals surface area (Å²) in [6, 6.07) is 0. The summed E-state index contributed by atoms with van der Waals surface area (Å²) in [7, 11) is -5.17. The molecule has 0 bridgehead atoms. The molecule has 0 aliphatic carbocycles. The van der Waals surface area contributed by atoms with Gasteiger partial charge in [-0.05, 0) is 0 Å². The molecule has 4 nitrogen and oxygen atoms in total. The van der Waals surface area contributed by atoms with Crippen LogP contribution in [0.25, 0.3) is 0 Å². The smallest absolute Gasteiger partial charge is 1.00 e. The SMILES string of the molecule is O=S(=O)([O-])[O-].[Cl-].[K+].[Mn+2]. The van der Waals surface area contributed by atoms with Gasteiger partial charge in [-0.3, -0.25) is 8.42 Å². The zero-order valence-electron chi connectivity index (χ0n) is 3.80. The van der Waals surface area contributed by atoms with Crippen molar-refractivity contribution in [2.24, 2.45) is 0 Å². The second kappa shape index (κ2) is 9.32. The van der Waals surface area contributed by atoms with Gasteiger partial charge >= 0.3 is 68.5 Å². The van der Waals surface area contributed by atoms with Crippen molar-refractivity contribution >= 4 is 10.4 Å². The van der Waals surface area contributed by atoms with Crippen molar-refractivity contribution in [2.45, 2.75) is 0 Å². The Kier molecular flexibility index (Phi) is 26.1. The Hall–Kier alpha value is 2.32. The first-order valence-corrected chi connectivity index (χ1v) is 2.00. The Bertz CT molecular complexity index is 99.2. The molecule has 0 spiro atoms. The van der Waals surface area contributed by atoms with Crippen molar-refractivity contribution in [3.05, 3.63) is 0 Å². The zero-order valence-corrected chi connectivity index (χ0v) is 9.67. The van der Waals surface area contributed by atoms with Gasteiger partial charge < -0.3 is 21.5 Å². The minimum atomic E-state index is -5.17. The molecule has 0 aliphatic rings. The molecule has 0 aromatic rings. The molecular formula is ClKMnO4S. The van der Waals surface area contributed by atoms with Gasteiger partial charge in [0, 0.05) is 10.4 Å². The van der Waals surface area contributed by atoms with Crippen molar-refractivity contribution in [1.29, 1.82) is 0 Å². The molecule has 0 aromatic carbocycles. The average Bonchev–Trinajstić information content (AvgIpc) is 0.722. The topological polar surface area (TPSA) is 80.3 Å². The van der Waals surface area contributed by atoms with E-state index in [0.717, 1.165) is 0 Å². The first-order valence-electron chi connectivity index (χ1n) is 0.667. The van der Waals surface area contributed by atoms with E-state index < -0.39 is 10.4 Å². The van der Waals surface area contributed by atoms with E-state index in [-0.39, 0.29) is 80.9 Å². The van der Waals surface area contributed by atoms with Crippen LogP contribution in [0.15, 0.2) is 0 Å². The van der Waals surface area contributed by atoms with Gasteiger partial charge in [0.1, 0.15) is 0 Å². The Morgan fingerprint density at radius 1 is 1.12 bits per heavy atom. The van der Waals surface area contributed by atoms with Crippen molar-refractivity contribution in [3.8, 4) is 0 Å². The largest absolute Gasteiger partial charge is 2.00 e. The van der Waals surface area contributed by atoms with Gasteiger partial charge in [-0.2, -0.15) is 0 Å². The molecule has 0 N–H and O–H groups in total. The van der Waals surface area contributed by atoms with Crippen LogP contribution < -0.4 is 63.8 Å². The summed E-state index contributed by atoms with van der Waals surface area (Å²) >= 11 is 0. The average molecular weight is 226 g/mol. The summed E-state index contributed by atoms with van der Waals surface area (Å²) in [6.45, 7) is 0. The van der Waals surface area contributed by atoms with Crippen LogP contribution in [0.1, 0.15) is 0 Å². The molecular weight excluding hydrogens is 226 g/mol. The summed E-state index contributed by atoms with van der Waals surface area (Å²) in [5.41, 5.74) is 0. The van der Waals surface area contributed by atoms with Gasteiger partial charge in [0.2, 0.25) is 0 Å². The standard InChI is InChI=1S/ClH.K.Mn.H2O4S/c;;;1-5(2,3)4/h1H;;;(H2,1,2,3,4)/q;+1;+2;/p-3. The van der Waals surface area contributed by atoms with Crippen LogP contribution in [-0.4, -0.2) is 17.5 Å². The van der Waals surface area contributed by atoms with Crippen molar-refractivity contribution in [1.82, 2.24) is 0 Å². The molecule has 0 atom stereocenters. The number of rotatable bonds is 0. The second-order valence-electron chi connectivity index (χ2n) is 0.408. The number of hydrogen-bond donors (Lipinski definition) is 0. The Morgan fingerprint density at radius 3 is 1.12 bits per heavy atom. The zero-order chi connectivity index (χ0) is 4.50. The van der Waals surface area contributed by atoms with E-state index in [2.05, 4.69) is 0 Å². The molecule has 0 amide bonds. The maximum atomic E-state index is 8.52. The van der Waals surface area contributed by atoms with Gasteiger partial charge in [0.05, 0.1) is 0 Å². The third-order valence-corrected chi connectivity index (χ3v) is 0. The van der Waals surface area contributed by atoms with Crippen LogP contribution in [0.3, 0.4) is 0 Å². The van der Waals surface area contributed by atoms with Crippen LogP contribution in [-0.2, 0) is 27.5 Å². The maximum Gasteiger partial charge on any atom is 2.00 e. The van der Waals surface area contributed by atoms with Crippen molar-refractivity contribution in [2.75, 3.05) is 0 Å². The van der Waals surface area contributed by atoms with Crippen LogP contribution in [0.4, 0.5) is 0 Å². The van der Waals surface area contributed by atoms with E-state index in [1.165, 1.54) is 0 Å². The Balaban J connectivity index is -0.0000000267. The molecule has 45 valence electrons. The Morgan fingerprint density at radius 2 is 1.12 bits per heavy atom. The normalized spacial score (nSPS) is 7.25. The molecule has 8 heteroatoms. The third kappa shape index (κ3) is 83.0. The van der Waals surface area contributed by atoms with Crippen LogP contribution in [0.2, 0.25) is 0 Å². The third-order valence-electron chi connectivity index (χ3n) is 0. The number of halogens is 1. The van der Waals surface area contributed by atoms with Crippen LogP contribution >= 0.6 is 0 Å². The molecule has 0 heterocycles. The molecule has 0 aliphatic heterocycles. The fourth-order valence-corrected chi connectivity index (χ4v) is 0. The summed E-state index contributed by atoms with van der Waals surface area (Å²) in [5, 5.41) is 0. The van der Waals surface area contributed by atoms with E-state index in [1.807, 2.05) is 0 Å². The number of hydrogen-bond acceptors (Lipinski definition) is 4. The van der Waals surface area contributed by atoms with Crippen molar-refractivity contribution in [3.63, 3.8) is 0 Å². The summed E-state index contributed by atoms with van der Waals surface area (Å²) < 4.78 is 34.1. The molecule has 0 aromatic heterocycles. The fourth-order valence-electron chi connectivity index (χ4n) is 0. The molecule has 1 radical (unpaired) electrons. The van der Waals surface area contributed by atoms with Crippen molar-refractivity contribution < 1.29 is 98.4 Å². The molecule has 0 saturated carbocycles. The molecule has 0 saturated heterocycles. The molecule has 0 rings (SSSR count). The van der Waals surface area contributed by atoms with E-state index in [0.29, 0.717) is 0 Å². The summed E-state index contributed by atoms with van der Waals surface area (Å²) in [5.74, 6) is 0. The van der Waals surface area contributed by atoms with E-state index in [4.69, 9.17) is 17.5 Å². The fraction of sp³-hybridized carbons (Fsp3) is 0. The van der Waals surface area contributed by atoms with Crippen LogP contribution in [0.5, 0.6) is 0 Å². The van der Waals surface area contributed by atoms with E-state index in [9.17, 15) is 0 Å². The van der Waals surface area contributed by atoms with Gasteiger partial charge in [-0.1, -0.05) is 0 Å². The monoisotopic (exact) mass is 225 g/mol. The first-order chi connectivity index (χ1) is 2.00. The predicted octanol–water partition coefficient (Wildman–Crippen LogP) is -7.33. The predicted molar refractivity (Wildman–Crippen MR) is 10.5 cm³/mol. The molecule has 0 unspecified atom stereocenters. The minimum absolute atomic E-state index is 0. The quantitative estimate of drug-likeness (QED) is 0.233. The Labute approximate surface area is 107 Å². The molecule has 8 heavy (non-hydrogen) atoms. The van der Waals surface area contributed by atoms with E-state index >= 15 is 0 Å². The maximum absolute atomic E-state index is 8.52. The minimum Gasteiger partial charge on any atom is -1.00 e. The van der Waals surface area contributed by atoms with Gasteiger partial charge in [-0.25, -0.2) is 0 Å². The van der Waals surface area contributed by atoms with Gasteiger partial charge in [0.25, 0.3) is 0 Å². The van der Waals surface area contributed by atoms with Gasteiger partial charge in [0.15, 0.2) is 0 Å². The van der Waals surface area contributed by atoms with Gasteiger partial charge in [-0.15, -0.1) is 0 Å². The summed E-state index contributed by atoms with van der Waals surface area (Å²) in [4.78, 5) is 0. The van der Waals surface area contributed by atoms with E-state index in [1.54, 1.807) is 0 Å². The summed E-state index contributed by atoms with van der Waals surface area (Å²) in [6.07, 6.45) is 0. The second-order valence-corrected chi connectivity index (χ2v) is 1.22. The molecule has 0 fully saturated rings. The van der Waals surface area contributed by atoms with Crippen LogP contribution in [0, 0.1) is 0 Å². The first kappa shape index (κ1) is 22.4.